The number of nitrogens with two attached hydrogens (primary N) is 1. The molecule has 3 aliphatic rings. The molecule has 1 aromatic rings. The van der Waals surface area contributed by atoms with E-state index in [1.807, 2.05) is 18.2 Å². The summed E-state index contributed by atoms with van der Waals surface area (Å²) in [5, 5.41) is 1.40. The molecule has 102 valence electrons. The molecule has 3 nitrogen and oxygen atoms in total. The Bertz CT molecular complexity index is 518. The van der Waals surface area contributed by atoms with Gasteiger partial charge in [-0.3, -0.25) is 4.79 Å². The average molecular weight is 300 g/mol. The predicted octanol–water partition coefficient (Wildman–Crippen LogP) is 2.92. The zero-order chi connectivity index (χ0) is 13.8. The van der Waals surface area contributed by atoms with E-state index in [0.29, 0.717) is 10.0 Å². The van der Waals surface area contributed by atoms with Crippen molar-refractivity contribution in [1.29, 1.82) is 0 Å². The lowest BCUT2D eigenvalue weighted by molar-refractivity contribution is -0.181. The summed E-state index contributed by atoms with van der Waals surface area (Å²) in [7, 11) is 1.37. The van der Waals surface area contributed by atoms with Crippen molar-refractivity contribution in [3.63, 3.8) is 0 Å². The fraction of sp³-hybridized carbons (Fsp3) is 0.500. The first-order chi connectivity index (χ1) is 8.94. The molecule has 0 heterocycles. The Morgan fingerprint density at radius 3 is 2.32 bits per heavy atom. The number of rotatable bonds is 3. The topological polar surface area (TPSA) is 52.3 Å². The molecular formula is C14H15Cl2NO2. The molecule has 0 aliphatic heterocycles. The van der Waals surface area contributed by atoms with E-state index in [1.54, 1.807) is 0 Å². The van der Waals surface area contributed by atoms with Crippen LogP contribution in [0.1, 0.15) is 24.8 Å². The molecule has 1 unspecified atom stereocenters. The van der Waals surface area contributed by atoms with E-state index in [2.05, 4.69) is 0 Å². The highest BCUT2D eigenvalue weighted by molar-refractivity contribution is 6.36. The third-order valence-electron chi connectivity index (χ3n) is 4.68. The highest BCUT2D eigenvalue weighted by Crippen LogP contribution is 2.76. The number of hydrogen-bond acceptors (Lipinski definition) is 3. The van der Waals surface area contributed by atoms with Crippen LogP contribution >= 0.6 is 23.2 Å². The number of benzene rings is 1. The molecule has 1 atom stereocenters. The van der Waals surface area contributed by atoms with Crippen molar-refractivity contribution in [2.45, 2.75) is 30.7 Å². The monoisotopic (exact) mass is 299 g/mol. The maximum Gasteiger partial charge on any atom is 0.323 e. The highest BCUT2D eigenvalue weighted by atomic mass is 35.5. The van der Waals surface area contributed by atoms with Crippen LogP contribution in [0.3, 0.4) is 0 Å². The highest BCUT2D eigenvalue weighted by Gasteiger charge is 2.72. The van der Waals surface area contributed by atoms with Gasteiger partial charge in [0.05, 0.1) is 7.11 Å². The van der Waals surface area contributed by atoms with E-state index in [0.717, 1.165) is 24.8 Å². The first kappa shape index (κ1) is 13.2. The van der Waals surface area contributed by atoms with Crippen molar-refractivity contribution in [3.8, 4) is 0 Å². The molecule has 0 saturated heterocycles. The van der Waals surface area contributed by atoms with Gasteiger partial charge >= 0.3 is 5.97 Å². The van der Waals surface area contributed by atoms with Gasteiger partial charge in [-0.25, -0.2) is 0 Å². The van der Waals surface area contributed by atoms with Crippen molar-refractivity contribution >= 4 is 29.2 Å². The maximum absolute atomic E-state index is 11.6. The van der Waals surface area contributed by atoms with Crippen LogP contribution in [-0.4, -0.2) is 19.1 Å². The van der Waals surface area contributed by atoms with Gasteiger partial charge in [0.1, 0.15) is 6.04 Å². The summed E-state index contributed by atoms with van der Waals surface area (Å²) >= 11 is 12.5. The normalized spacial score (nSPS) is 33.1. The largest absolute Gasteiger partial charge is 0.468 e. The average Bonchev–Trinajstić information content (AvgIpc) is 2.28. The van der Waals surface area contributed by atoms with Crippen molar-refractivity contribution < 1.29 is 9.53 Å². The minimum absolute atomic E-state index is 0.0149. The summed E-state index contributed by atoms with van der Waals surface area (Å²) in [5.41, 5.74) is 6.89. The zero-order valence-electron chi connectivity index (χ0n) is 10.6. The number of carbonyl (C=O) groups excluding carboxylic acids is 1. The Morgan fingerprint density at radius 1 is 1.32 bits per heavy atom. The first-order valence-electron chi connectivity index (χ1n) is 6.22. The van der Waals surface area contributed by atoms with E-state index >= 15 is 0 Å². The number of halogens is 2. The number of methoxy groups -OCH3 is 1. The Hall–Kier alpha value is -0.770. The van der Waals surface area contributed by atoms with Crippen LogP contribution in [0.25, 0.3) is 0 Å². The van der Waals surface area contributed by atoms with Crippen molar-refractivity contribution in [2.75, 3.05) is 7.11 Å². The molecule has 0 amide bonds. The molecule has 5 heteroatoms. The molecule has 0 spiro atoms. The molecule has 19 heavy (non-hydrogen) atoms. The summed E-state index contributed by atoms with van der Waals surface area (Å²) in [5.74, 6) is -0.335. The zero-order valence-corrected chi connectivity index (χ0v) is 12.1. The minimum Gasteiger partial charge on any atom is -0.468 e. The smallest absolute Gasteiger partial charge is 0.323 e. The molecule has 2 N–H and O–H groups in total. The van der Waals surface area contributed by atoms with Crippen LogP contribution in [-0.2, 0) is 14.9 Å². The fourth-order valence-corrected chi connectivity index (χ4v) is 4.64. The minimum atomic E-state index is -0.541. The summed E-state index contributed by atoms with van der Waals surface area (Å²) in [4.78, 5) is 11.6. The van der Waals surface area contributed by atoms with Gasteiger partial charge < -0.3 is 10.5 Å². The number of esters is 1. The SMILES string of the molecule is COC(=O)C(N)C12CC(c3c(Cl)cccc3Cl)(C1)C2. The van der Waals surface area contributed by atoms with Gasteiger partial charge in [-0.05, 0) is 42.4 Å². The lowest BCUT2D eigenvalue weighted by Crippen LogP contribution is -2.72. The third kappa shape index (κ3) is 1.65. The van der Waals surface area contributed by atoms with Crippen molar-refractivity contribution in [3.05, 3.63) is 33.8 Å². The molecule has 3 aliphatic carbocycles. The lowest BCUT2D eigenvalue weighted by Gasteiger charge is -2.72. The molecule has 2 bridgehead atoms. The second-order valence-electron chi connectivity index (χ2n) is 5.77. The van der Waals surface area contributed by atoms with Gasteiger partial charge in [0.15, 0.2) is 0 Å². The van der Waals surface area contributed by atoms with E-state index in [9.17, 15) is 4.79 Å². The Balaban J connectivity index is 1.82. The number of carbonyl (C=O) groups is 1. The van der Waals surface area contributed by atoms with Crippen LogP contribution in [0.5, 0.6) is 0 Å². The van der Waals surface area contributed by atoms with Crippen LogP contribution < -0.4 is 5.73 Å². The van der Waals surface area contributed by atoms with Gasteiger partial charge in [0.25, 0.3) is 0 Å². The first-order valence-corrected chi connectivity index (χ1v) is 6.98. The molecule has 0 radical (unpaired) electrons. The van der Waals surface area contributed by atoms with Crippen molar-refractivity contribution in [2.24, 2.45) is 11.1 Å². The fourth-order valence-electron chi connectivity index (χ4n) is 3.84. The van der Waals surface area contributed by atoms with E-state index < -0.39 is 6.04 Å². The number of hydrogen-bond donors (Lipinski definition) is 1. The summed E-state index contributed by atoms with van der Waals surface area (Å²) in [6, 6.07) is 5.02. The van der Waals surface area contributed by atoms with Gasteiger partial charge in [-0.2, -0.15) is 0 Å². The van der Waals surface area contributed by atoms with Gasteiger partial charge in [0.2, 0.25) is 0 Å². The second-order valence-corrected chi connectivity index (χ2v) is 6.58. The maximum atomic E-state index is 11.6. The predicted molar refractivity (Wildman–Crippen MR) is 74.4 cm³/mol. The lowest BCUT2D eigenvalue weighted by atomic mass is 9.31. The van der Waals surface area contributed by atoms with Crippen LogP contribution in [0.2, 0.25) is 10.0 Å². The Morgan fingerprint density at radius 2 is 1.84 bits per heavy atom. The van der Waals surface area contributed by atoms with E-state index in [1.165, 1.54) is 7.11 Å². The third-order valence-corrected chi connectivity index (χ3v) is 5.31. The molecule has 4 rings (SSSR count). The quantitative estimate of drug-likeness (QED) is 0.873. The Labute approximate surface area is 122 Å². The molecule has 0 aromatic heterocycles. The molecule has 1 aromatic carbocycles. The summed E-state index contributed by atoms with van der Waals surface area (Å²) in [6.07, 6.45) is 2.58. The van der Waals surface area contributed by atoms with E-state index in [-0.39, 0.29) is 16.8 Å². The second kappa shape index (κ2) is 4.11. The standard InChI is InChI=1S/C14H15Cl2NO2/c1-19-12(18)11(17)14-5-13(6-14,7-14)10-8(15)3-2-4-9(10)16/h2-4,11H,5-7,17H2,1H3. The Kier molecular flexibility index (Phi) is 2.86. The van der Waals surface area contributed by atoms with Crippen LogP contribution in [0.4, 0.5) is 0 Å². The molecular weight excluding hydrogens is 285 g/mol. The van der Waals surface area contributed by atoms with Gasteiger partial charge in [0, 0.05) is 15.5 Å². The summed E-state index contributed by atoms with van der Waals surface area (Å²) < 4.78 is 4.73. The molecule has 3 saturated carbocycles. The van der Waals surface area contributed by atoms with Crippen LogP contribution in [0.15, 0.2) is 18.2 Å². The molecule has 3 fully saturated rings. The van der Waals surface area contributed by atoms with Crippen LogP contribution in [0, 0.1) is 5.41 Å². The summed E-state index contributed by atoms with van der Waals surface area (Å²) in [6.45, 7) is 0. The van der Waals surface area contributed by atoms with Gasteiger partial charge in [-0.15, -0.1) is 0 Å². The van der Waals surface area contributed by atoms with Gasteiger partial charge in [-0.1, -0.05) is 29.3 Å². The van der Waals surface area contributed by atoms with Crippen molar-refractivity contribution in [1.82, 2.24) is 0 Å². The van der Waals surface area contributed by atoms with E-state index in [4.69, 9.17) is 33.7 Å². The number of ether oxygens (including phenoxy) is 1.